The minimum absolute atomic E-state index is 0.173. The standard InChI is InChI=1S/C11H13NO4/c1-8-4-2-3-5-9(8)6-10(13)12-16-7-11(14)15/h2-5H,6-7H2,1H3,(H,12,13)(H,14,15). The number of rotatable bonds is 5. The van der Waals surface area contributed by atoms with Crippen molar-refractivity contribution < 1.29 is 19.5 Å². The lowest BCUT2D eigenvalue weighted by molar-refractivity contribution is -0.149. The third-order valence-electron chi connectivity index (χ3n) is 1.99. The Morgan fingerprint density at radius 3 is 2.69 bits per heavy atom. The number of aryl methyl sites for hydroxylation is 1. The van der Waals surface area contributed by atoms with Crippen LogP contribution in [-0.2, 0) is 20.8 Å². The van der Waals surface area contributed by atoms with Crippen molar-refractivity contribution >= 4 is 11.9 Å². The van der Waals surface area contributed by atoms with Crippen molar-refractivity contribution in [2.45, 2.75) is 13.3 Å². The Morgan fingerprint density at radius 2 is 2.06 bits per heavy atom. The van der Waals surface area contributed by atoms with Crippen LogP contribution in [-0.4, -0.2) is 23.6 Å². The van der Waals surface area contributed by atoms with Gasteiger partial charge in [0.05, 0.1) is 6.42 Å². The fraction of sp³-hybridized carbons (Fsp3) is 0.273. The Labute approximate surface area is 93.0 Å². The van der Waals surface area contributed by atoms with E-state index in [0.29, 0.717) is 0 Å². The van der Waals surface area contributed by atoms with Crippen LogP contribution in [0.3, 0.4) is 0 Å². The minimum atomic E-state index is -1.13. The Balaban J connectivity index is 2.40. The molecule has 86 valence electrons. The van der Waals surface area contributed by atoms with Crippen LogP contribution in [0.5, 0.6) is 0 Å². The molecule has 5 heteroatoms. The minimum Gasteiger partial charge on any atom is -0.479 e. The summed E-state index contributed by atoms with van der Waals surface area (Å²) in [5.74, 6) is -1.49. The molecule has 0 saturated carbocycles. The van der Waals surface area contributed by atoms with Gasteiger partial charge in [0.2, 0.25) is 5.91 Å². The van der Waals surface area contributed by atoms with Gasteiger partial charge in [-0.25, -0.2) is 10.3 Å². The van der Waals surface area contributed by atoms with Crippen LogP contribution < -0.4 is 5.48 Å². The van der Waals surface area contributed by atoms with Crippen LogP contribution in [0.1, 0.15) is 11.1 Å². The molecule has 0 radical (unpaired) electrons. The van der Waals surface area contributed by atoms with Crippen LogP contribution in [0.4, 0.5) is 0 Å². The van der Waals surface area contributed by atoms with E-state index in [0.717, 1.165) is 11.1 Å². The predicted octanol–water partition coefficient (Wildman–Crippen LogP) is 0.670. The van der Waals surface area contributed by atoms with Crippen molar-refractivity contribution in [3.63, 3.8) is 0 Å². The summed E-state index contributed by atoms with van der Waals surface area (Å²) in [5.41, 5.74) is 3.97. The van der Waals surface area contributed by atoms with Crippen LogP contribution >= 0.6 is 0 Å². The van der Waals surface area contributed by atoms with Crippen LogP contribution in [0, 0.1) is 6.92 Å². The molecular weight excluding hydrogens is 210 g/mol. The first-order valence-corrected chi connectivity index (χ1v) is 4.76. The second kappa shape index (κ2) is 5.87. The molecule has 0 bridgehead atoms. The van der Waals surface area contributed by atoms with Crippen LogP contribution in [0.15, 0.2) is 24.3 Å². The predicted molar refractivity (Wildman–Crippen MR) is 56.6 cm³/mol. The van der Waals surface area contributed by atoms with E-state index in [1.807, 2.05) is 31.2 Å². The first-order chi connectivity index (χ1) is 7.59. The van der Waals surface area contributed by atoms with Crippen molar-refractivity contribution in [3.05, 3.63) is 35.4 Å². The number of carboxylic acids is 1. The van der Waals surface area contributed by atoms with E-state index < -0.39 is 12.6 Å². The van der Waals surface area contributed by atoms with Gasteiger partial charge in [0.25, 0.3) is 0 Å². The summed E-state index contributed by atoms with van der Waals surface area (Å²) in [6.45, 7) is 1.36. The quantitative estimate of drug-likeness (QED) is 0.719. The van der Waals surface area contributed by atoms with E-state index in [1.165, 1.54) is 0 Å². The van der Waals surface area contributed by atoms with E-state index in [2.05, 4.69) is 10.3 Å². The second-order valence-corrected chi connectivity index (χ2v) is 3.31. The first kappa shape index (κ1) is 12.2. The molecule has 0 saturated heterocycles. The monoisotopic (exact) mass is 223 g/mol. The van der Waals surface area contributed by atoms with Gasteiger partial charge in [0.1, 0.15) is 0 Å². The summed E-state index contributed by atoms with van der Waals surface area (Å²) in [5, 5.41) is 8.28. The van der Waals surface area contributed by atoms with E-state index >= 15 is 0 Å². The van der Waals surface area contributed by atoms with Gasteiger partial charge < -0.3 is 5.11 Å². The van der Waals surface area contributed by atoms with Crippen LogP contribution in [0.2, 0.25) is 0 Å². The van der Waals surface area contributed by atoms with Crippen molar-refractivity contribution in [1.82, 2.24) is 5.48 Å². The molecule has 16 heavy (non-hydrogen) atoms. The van der Waals surface area contributed by atoms with Crippen molar-refractivity contribution in [1.29, 1.82) is 0 Å². The first-order valence-electron chi connectivity index (χ1n) is 4.76. The zero-order valence-corrected chi connectivity index (χ0v) is 8.90. The molecule has 1 aromatic carbocycles. The number of carbonyl (C=O) groups excluding carboxylic acids is 1. The average molecular weight is 223 g/mol. The molecule has 0 spiro atoms. The summed E-state index contributed by atoms with van der Waals surface area (Å²) in [6.07, 6.45) is 0.173. The van der Waals surface area contributed by atoms with Crippen molar-refractivity contribution in [2.75, 3.05) is 6.61 Å². The molecule has 1 rings (SSSR count). The number of benzene rings is 1. The number of hydroxylamine groups is 1. The summed E-state index contributed by atoms with van der Waals surface area (Å²) in [4.78, 5) is 25.9. The third-order valence-corrected chi connectivity index (χ3v) is 1.99. The Kier molecular flexibility index (Phi) is 4.47. The maximum absolute atomic E-state index is 11.3. The fourth-order valence-corrected chi connectivity index (χ4v) is 1.20. The number of carboxylic acid groups (broad SMARTS) is 1. The molecular formula is C11H13NO4. The Morgan fingerprint density at radius 1 is 1.38 bits per heavy atom. The highest BCUT2D eigenvalue weighted by Gasteiger charge is 2.06. The normalized spacial score (nSPS) is 9.81. The molecule has 0 heterocycles. The smallest absolute Gasteiger partial charge is 0.332 e. The topological polar surface area (TPSA) is 75.6 Å². The molecule has 1 amide bonds. The second-order valence-electron chi connectivity index (χ2n) is 3.31. The highest BCUT2D eigenvalue weighted by Crippen LogP contribution is 2.07. The zero-order chi connectivity index (χ0) is 12.0. The largest absolute Gasteiger partial charge is 0.479 e. The van der Waals surface area contributed by atoms with Crippen molar-refractivity contribution in [3.8, 4) is 0 Å². The zero-order valence-electron chi connectivity index (χ0n) is 8.90. The number of amides is 1. The van der Waals surface area contributed by atoms with E-state index in [9.17, 15) is 9.59 Å². The van der Waals surface area contributed by atoms with Gasteiger partial charge in [0, 0.05) is 0 Å². The van der Waals surface area contributed by atoms with Gasteiger partial charge in [-0.3, -0.25) is 9.63 Å². The lowest BCUT2D eigenvalue weighted by atomic mass is 10.1. The van der Waals surface area contributed by atoms with Gasteiger partial charge in [-0.05, 0) is 18.1 Å². The average Bonchev–Trinajstić information content (AvgIpc) is 2.21. The number of nitrogens with one attached hydrogen (secondary N) is 1. The molecule has 2 N–H and O–H groups in total. The summed E-state index contributed by atoms with van der Waals surface area (Å²) >= 11 is 0. The number of hydrogen-bond acceptors (Lipinski definition) is 3. The van der Waals surface area contributed by atoms with E-state index in [4.69, 9.17) is 5.11 Å². The van der Waals surface area contributed by atoms with E-state index in [-0.39, 0.29) is 12.3 Å². The lowest BCUT2D eigenvalue weighted by Gasteiger charge is -2.06. The highest BCUT2D eigenvalue weighted by molar-refractivity contribution is 5.78. The van der Waals surface area contributed by atoms with E-state index in [1.54, 1.807) is 0 Å². The number of hydrogen-bond donors (Lipinski definition) is 2. The highest BCUT2D eigenvalue weighted by atomic mass is 16.7. The number of aliphatic carboxylic acids is 1. The van der Waals surface area contributed by atoms with Crippen molar-refractivity contribution in [2.24, 2.45) is 0 Å². The fourth-order valence-electron chi connectivity index (χ4n) is 1.20. The molecule has 0 unspecified atom stereocenters. The molecule has 0 fully saturated rings. The van der Waals surface area contributed by atoms with Gasteiger partial charge in [-0.1, -0.05) is 24.3 Å². The molecule has 0 aliphatic rings. The molecule has 5 nitrogen and oxygen atoms in total. The summed E-state index contributed by atoms with van der Waals surface area (Å²) < 4.78 is 0. The summed E-state index contributed by atoms with van der Waals surface area (Å²) in [6, 6.07) is 7.47. The molecule has 0 aliphatic heterocycles. The maximum atomic E-state index is 11.3. The Hall–Kier alpha value is -1.88. The molecule has 1 aromatic rings. The third kappa shape index (κ3) is 4.10. The van der Waals surface area contributed by atoms with Gasteiger partial charge >= 0.3 is 5.97 Å². The molecule has 0 atom stereocenters. The maximum Gasteiger partial charge on any atom is 0.332 e. The lowest BCUT2D eigenvalue weighted by Crippen LogP contribution is -2.28. The van der Waals surface area contributed by atoms with Gasteiger partial charge in [-0.2, -0.15) is 0 Å². The molecule has 0 aromatic heterocycles. The molecule has 0 aliphatic carbocycles. The number of carbonyl (C=O) groups is 2. The van der Waals surface area contributed by atoms with Gasteiger partial charge in [0.15, 0.2) is 6.61 Å². The van der Waals surface area contributed by atoms with Crippen LogP contribution in [0.25, 0.3) is 0 Å². The van der Waals surface area contributed by atoms with Gasteiger partial charge in [-0.15, -0.1) is 0 Å². The SMILES string of the molecule is Cc1ccccc1CC(=O)NOCC(=O)O. The summed E-state index contributed by atoms with van der Waals surface area (Å²) in [7, 11) is 0. The Bertz CT molecular complexity index is 389.